The number of carboxylic acid groups (broad SMARTS) is 1. The van der Waals surface area contributed by atoms with Gasteiger partial charge < -0.3 is 14.6 Å². The summed E-state index contributed by atoms with van der Waals surface area (Å²) in [6.07, 6.45) is 1.76. The molecular weight excluding hydrogens is 318 g/mol. The molecule has 23 heavy (non-hydrogen) atoms. The maximum absolute atomic E-state index is 10.8. The fourth-order valence-corrected chi connectivity index (χ4v) is 2.95. The first-order valence-corrected chi connectivity index (χ1v) is 7.53. The standard InChI is InChI=1S/C17H16ClNO4/c1-10-16(22-9-15(20)21)13-8-23-17(2,14(13)7-19-10)11-3-5-12(18)6-4-11/h3-7H,8-9H2,1-2H3,(H,20,21). The van der Waals surface area contributed by atoms with Gasteiger partial charge in [0, 0.05) is 22.3 Å². The third kappa shape index (κ3) is 2.78. The van der Waals surface area contributed by atoms with Crippen molar-refractivity contribution >= 4 is 17.6 Å². The van der Waals surface area contributed by atoms with E-state index >= 15 is 0 Å². The van der Waals surface area contributed by atoms with E-state index in [1.165, 1.54) is 0 Å². The summed E-state index contributed by atoms with van der Waals surface area (Å²) in [5, 5.41) is 9.49. The van der Waals surface area contributed by atoms with Crippen molar-refractivity contribution < 1.29 is 19.4 Å². The summed E-state index contributed by atoms with van der Waals surface area (Å²) in [6.45, 7) is 3.68. The fourth-order valence-electron chi connectivity index (χ4n) is 2.82. The number of aromatic nitrogens is 1. The van der Waals surface area contributed by atoms with Gasteiger partial charge in [0.1, 0.15) is 11.4 Å². The number of hydrogen-bond donors (Lipinski definition) is 1. The average Bonchev–Trinajstić information content (AvgIpc) is 2.85. The summed E-state index contributed by atoms with van der Waals surface area (Å²) in [5.41, 5.74) is 2.66. The lowest BCUT2D eigenvalue weighted by Crippen LogP contribution is -2.22. The molecule has 0 fully saturated rings. The first-order chi connectivity index (χ1) is 10.9. The second-order valence-corrected chi connectivity index (χ2v) is 6.01. The van der Waals surface area contributed by atoms with Crippen LogP contribution in [-0.4, -0.2) is 22.7 Å². The zero-order chi connectivity index (χ0) is 16.6. The van der Waals surface area contributed by atoms with Crippen molar-refractivity contribution in [3.8, 4) is 5.75 Å². The van der Waals surface area contributed by atoms with Gasteiger partial charge in [0.2, 0.25) is 0 Å². The molecule has 6 heteroatoms. The molecule has 0 amide bonds. The molecule has 1 atom stereocenters. The number of carboxylic acids is 1. The zero-order valence-electron chi connectivity index (χ0n) is 12.8. The Balaban J connectivity index is 2.04. The average molecular weight is 334 g/mol. The minimum atomic E-state index is -1.03. The molecule has 0 bridgehead atoms. The lowest BCUT2D eigenvalue weighted by molar-refractivity contribution is -0.139. The van der Waals surface area contributed by atoms with Crippen LogP contribution in [0, 0.1) is 6.92 Å². The summed E-state index contributed by atoms with van der Waals surface area (Å²) in [4.78, 5) is 15.1. The summed E-state index contributed by atoms with van der Waals surface area (Å²) in [7, 11) is 0. The largest absolute Gasteiger partial charge is 0.480 e. The summed E-state index contributed by atoms with van der Waals surface area (Å²) >= 11 is 5.95. The topological polar surface area (TPSA) is 68.7 Å². The van der Waals surface area contributed by atoms with Crippen molar-refractivity contribution in [2.45, 2.75) is 26.1 Å². The summed E-state index contributed by atoms with van der Waals surface area (Å²) in [5.74, 6) is -0.538. The Labute approximate surface area is 138 Å². The number of halogens is 1. The number of benzene rings is 1. The van der Waals surface area contributed by atoms with Crippen LogP contribution in [0.4, 0.5) is 0 Å². The molecule has 0 radical (unpaired) electrons. The first-order valence-electron chi connectivity index (χ1n) is 7.15. The van der Waals surface area contributed by atoms with Gasteiger partial charge in [0.05, 0.1) is 12.3 Å². The summed E-state index contributed by atoms with van der Waals surface area (Å²) < 4.78 is 11.5. The van der Waals surface area contributed by atoms with Crippen molar-refractivity contribution in [1.29, 1.82) is 0 Å². The van der Waals surface area contributed by atoms with Crippen LogP contribution in [0.5, 0.6) is 5.75 Å². The molecule has 1 aliphatic rings. The van der Waals surface area contributed by atoms with E-state index in [1.54, 1.807) is 13.1 Å². The minimum Gasteiger partial charge on any atom is -0.480 e. The molecule has 1 aromatic carbocycles. The van der Waals surface area contributed by atoms with Gasteiger partial charge >= 0.3 is 5.97 Å². The van der Waals surface area contributed by atoms with Gasteiger partial charge in [-0.15, -0.1) is 0 Å². The van der Waals surface area contributed by atoms with Crippen molar-refractivity contribution in [1.82, 2.24) is 4.98 Å². The van der Waals surface area contributed by atoms with Crippen LogP contribution in [0.25, 0.3) is 0 Å². The Kier molecular flexibility index (Phi) is 4.00. The molecule has 1 aromatic heterocycles. The van der Waals surface area contributed by atoms with Crippen LogP contribution in [0.1, 0.15) is 29.3 Å². The highest BCUT2D eigenvalue weighted by atomic mass is 35.5. The molecule has 0 aliphatic carbocycles. The van der Waals surface area contributed by atoms with Crippen LogP contribution in [0.2, 0.25) is 5.02 Å². The number of aryl methyl sites for hydroxylation is 1. The smallest absolute Gasteiger partial charge is 0.341 e. The molecule has 0 spiro atoms. The van der Waals surface area contributed by atoms with Crippen LogP contribution in [0.15, 0.2) is 30.5 Å². The van der Waals surface area contributed by atoms with E-state index in [4.69, 9.17) is 26.2 Å². The van der Waals surface area contributed by atoms with Crippen molar-refractivity contribution in [3.63, 3.8) is 0 Å². The number of ether oxygens (including phenoxy) is 2. The highest BCUT2D eigenvalue weighted by molar-refractivity contribution is 6.30. The number of carbonyl (C=O) groups is 1. The minimum absolute atomic E-state index is 0.340. The number of pyridine rings is 1. The Hall–Kier alpha value is -2.11. The van der Waals surface area contributed by atoms with E-state index in [-0.39, 0.29) is 0 Å². The molecule has 120 valence electrons. The number of aliphatic carboxylic acids is 1. The Morgan fingerprint density at radius 2 is 2.13 bits per heavy atom. The molecule has 0 saturated heterocycles. The SMILES string of the molecule is Cc1ncc2c(c1OCC(=O)O)COC2(C)c1ccc(Cl)cc1. The van der Waals surface area contributed by atoms with Crippen molar-refractivity contribution in [2.75, 3.05) is 6.61 Å². The summed E-state index contributed by atoms with van der Waals surface area (Å²) in [6, 6.07) is 7.45. The van der Waals surface area contributed by atoms with E-state index in [1.807, 2.05) is 31.2 Å². The zero-order valence-corrected chi connectivity index (χ0v) is 13.6. The number of hydrogen-bond acceptors (Lipinski definition) is 4. The van der Waals surface area contributed by atoms with Gasteiger partial charge in [-0.05, 0) is 31.5 Å². The number of nitrogens with zero attached hydrogens (tertiary/aromatic N) is 1. The van der Waals surface area contributed by atoms with Gasteiger partial charge in [-0.2, -0.15) is 0 Å². The van der Waals surface area contributed by atoms with Gasteiger partial charge in [-0.3, -0.25) is 4.98 Å². The Morgan fingerprint density at radius 1 is 1.43 bits per heavy atom. The predicted octanol–water partition coefficient (Wildman–Crippen LogP) is 3.30. The van der Waals surface area contributed by atoms with Gasteiger partial charge in [0.25, 0.3) is 0 Å². The molecule has 0 saturated carbocycles. The maximum Gasteiger partial charge on any atom is 0.341 e. The predicted molar refractivity (Wildman–Crippen MR) is 84.8 cm³/mol. The quantitative estimate of drug-likeness (QED) is 0.929. The lowest BCUT2D eigenvalue weighted by atomic mass is 9.88. The highest BCUT2D eigenvalue weighted by Crippen LogP contribution is 2.45. The highest BCUT2D eigenvalue weighted by Gasteiger charge is 2.40. The van der Waals surface area contributed by atoms with Crippen LogP contribution in [-0.2, 0) is 21.7 Å². The van der Waals surface area contributed by atoms with Crippen molar-refractivity contribution in [3.05, 3.63) is 57.9 Å². The fraction of sp³-hybridized carbons (Fsp3) is 0.294. The monoisotopic (exact) mass is 333 g/mol. The Morgan fingerprint density at radius 3 is 2.78 bits per heavy atom. The number of fused-ring (bicyclic) bond motifs is 1. The lowest BCUT2D eigenvalue weighted by Gasteiger charge is -2.25. The van der Waals surface area contributed by atoms with E-state index < -0.39 is 18.2 Å². The molecular formula is C17H16ClNO4. The van der Waals surface area contributed by atoms with Crippen LogP contribution in [0.3, 0.4) is 0 Å². The molecule has 5 nitrogen and oxygen atoms in total. The molecule has 1 N–H and O–H groups in total. The van der Waals surface area contributed by atoms with Crippen molar-refractivity contribution in [2.24, 2.45) is 0 Å². The van der Waals surface area contributed by atoms with Gasteiger partial charge in [0.15, 0.2) is 6.61 Å². The molecule has 1 aliphatic heterocycles. The van der Waals surface area contributed by atoms with E-state index in [0.29, 0.717) is 23.1 Å². The van der Waals surface area contributed by atoms with Gasteiger partial charge in [-0.1, -0.05) is 23.7 Å². The van der Waals surface area contributed by atoms with Crippen LogP contribution >= 0.6 is 11.6 Å². The Bertz CT molecular complexity index is 760. The first kappa shape index (κ1) is 15.8. The third-order valence-electron chi connectivity index (χ3n) is 4.07. The van der Waals surface area contributed by atoms with E-state index in [0.717, 1.165) is 16.7 Å². The van der Waals surface area contributed by atoms with E-state index in [9.17, 15) is 4.79 Å². The number of rotatable bonds is 4. The second kappa shape index (κ2) is 5.83. The van der Waals surface area contributed by atoms with Crippen LogP contribution < -0.4 is 4.74 Å². The molecule has 2 aromatic rings. The molecule has 2 heterocycles. The third-order valence-corrected chi connectivity index (χ3v) is 4.32. The van der Waals surface area contributed by atoms with Gasteiger partial charge in [-0.25, -0.2) is 4.79 Å². The molecule has 3 rings (SSSR count). The second-order valence-electron chi connectivity index (χ2n) is 5.58. The van der Waals surface area contributed by atoms with E-state index in [2.05, 4.69) is 4.98 Å². The maximum atomic E-state index is 10.8. The molecule has 1 unspecified atom stereocenters. The normalized spacial score (nSPS) is 19.4.